The number of guanidine groups is 1. The summed E-state index contributed by atoms with van der Waals surface area (Å²) in [5.41, 5.74) is 5.96. The van der Waals surface area contributed by atoms with Crippen molar-refractivity contribution in [3.05, 3.63) is 18.0 Å². The molecule has 0 saturated heterocycles. The SMILES string of the molecule is Cn1ccc(CNC(=N)N)n1. The highest BCUT2D eigenvalue weighted by molar-refractivity contribution is 5.74. The molecule has 5 nitrogen and oxygen atoms in total. The smallest absolute Gasteiger partial charge is 0.186 e. The molecule has 0 spiro atoms. The molecule has 1 heterocycles. The van der Waals surface area contributed by atoms with Crippen LogP contribution in [-0.2, 0) is 13.6 Å². The van der Waals surface area contributed by atoms with Crippen LogP contribution in [0.3, 0.4) is 0 Å². The number of nitrogens with two attached hydrogens (primary N) is 1. The van der Waals surface area contributed by atoms with E-state index in [4.69, 9.17) is 11.1 Å². The molecule has 4 N–H and O–H groups in total. The molecule has 0 saturated carbocycles. The van der Waals surface area contributed by atoms with Gasteiger partial charge in [0.1, 0.15) is 0 Å². The van der Waals surface area contributed by atoms with Crippen molar-refractivity contribution in [2.45, 2.75) is 6.54 Å². The molecular weight excluding hydrogens is 142 g/mol. The van der Waals surface area contributed by atoms with Gasteiger partial charge in [-0.1, -0.05) is 0 Å². The molecular formula is C6H11N5. The molecule has 1 aromatic heterocycles. The molecule has 5 heteroatoms. The molecule has 0 aromatic carbocycles. The van der Waals surface area contributed by atoms with Gasteiger partial charge >= 0.3 is 0 Å². The second-order valence-electron chi connectivity index (χ2n) is 2.25. The number of nitrogens with one attached hydrogen (secondary N) is 2. The van der Waals surface area contributed by atoms with Crippen LogP contribution < -0.4 is 11.1 Å². The summed E-state index contributed by atoms with van der Waals surface area (Å²) in [6, 6.07) is 1.87. The molecule has 11 heavy (non-hydrogen) atoms. The van der Waals surface area contributed by atoms with Crippen LogP contribution in [0.1, 0.15) is 5.69 Å². The van der Waals surface area contributed by atoms with Crippen LogP contribution in [0.15, 0.2) is 12.3 Å². The van der Waals surface area contributed by atoms with Crippen molar-refractivity contribution < 1.29 is 0 Å². The first-order chi connectivity index (χ1) is 5.18. The zero-order chi connectivity index (χ0) is 8.27. The Balaban J connectivity index is 2.45. The fourth-order valence-electron chi connectivity index (χ4n) is 0.743. The largest absolute Gasteiger partial charge is 0.370 e. The number of aromatic nitrogens is 2. The standard InChI is InChI=1S/C6H11N5/c1-11-3-2-5(10-11)4-9-6(7)8/h2-3H,4H2,1H3,(H4,7,8,9). The number of rotatable bonds is 2. The van der Waals surface area contributed by atoms with E-state index >= 15 is 0 Å². The summed E-state index contributed by atoms with van der Waals surface area (Å²) in [5.74, 6) is -0.0318. The third kappa shape index (κ3) is 2.29. The Kier molecular flexibility index (Phi) is 2.10. The van der Waals surface area contributed by atoms with Crippen LogP contribution in [0.25, 0.3) is 0 Å². The highest BCUT2D eigenvalue weighted by Crippen LogP contribution is 1.91. The minimum absolute atomic E-state index is 0.0318. The van der Waals surface area contributed by atoms with E-state index in [1.807, 2.05) is 19.3 Å². The Morgan fingerprint density at radius 1 is 1.91 bits per heavy atom. The Morgan fingerprint density at radius 3 is 3.09 bits per heavy atom. The molecule has 0 bridgehead atoms. The fraction of sp³-hybridized carbons (Fsp3) is 0.333. The topological polar surface area (TPSA) is 79.7 Å². The second-order valence-corrected chi connectivity index (χ2v) is 2.25. The summed E-state index contributed by atoms with van der Waals surface area (Å²) in [6.45, 7) is 0.510. The first-order valence-electron chi connectivity index (χ1n) is 3.25. The molecule has 0 aliphatic heterocycles. The van der Waals surface area contributed by atoms with Crippen molar-refractivity contribution >= 4 is 5.96 Å². The van der Waals surface area contributed by atoms with E-state index in [1.54, 1.807) is 4.68 Å². The van der Waals surface area contributed by atoms with Gasteiger partial charge in [-0.15, -0.1) is 0 Å². The normalized spacial score (nSPS) is 9.55. The fourth-order valence-corrected chi connectivity index (χ4v) is 0.743. The Morgan fingerprint density at radius 2 is 2.64 bits per heavy atom. The lowest BCUT2D eigenvalue weighted by molar-refractivity contribution is 0.728. The first kappa shape index (κ1) is 7.59. The number of aryl methyl sites for hydroxylation is 1. The molecule has 0 radical (unpaired) electrons. The van der Waals surface area contributed by atoms with E-state index in [1.165, 1.54) is 0 Å². The molecule has 0 amide bonds. The Bertz CT molecular complexity index is 251. The lowest BCUT2D eigenvalue weighted by atomic mass is 10.4. The highest BCUT2D eigenvalue weighted by Gasteiger charge is 1.94. The maximum atomic E-state index is 6.88. The quantitative estimate of drug-likeness (QED) is 0.392. The average Bonchev–Trinajstić information content (AvgIpc) is 2.31. The van der Waals surface area contributed by atoms with Gasteiger partial charge in [0.15, 0.2) is 5.96 Å². The van der Waals surface area contributed by atoms with E-state index in [9.17, 15) is 0 Å². The van der Waals surface area contributed by atoms with Gasteiger partial charge < -0.3 is 11.1 Å². The zero-order valence-electron chi connectivity index (χ0n) is 6.33. The van der Waals surface area contributed by atoms with E-state index in [-0.39, 0.29) is 5.96 Å². The zero-order valence-corrected chi connectivity index (χ0v) is 6.33. The molecule has 0 aliphatic carbocycles. The van der Waals surface area contributed by atoms with Crippen molar-refractivity contribution in [1.29, 1.82) is 5.41 Å². The minimum atomic E-state index is -0.0318. The summed E-state index contributed by atoms with van der Waals surface area (Å²) in [7, 11) is 1.84. The average molecular weight is 153 g/mol. The maximum Gasteiger partial charge on any atom is 0.186 e. The molecule has 1 rings (SSSR count). The summed E-state index contributed by atoms with van der Waals surface area (Å²) in [6.07, 6.45) is 1.84. The molecule has 0 fully saturated rings. The lowest BCUT2D eigenvalue weighted by Crippen LogP contribution is -2.29. The monoisotopic (exact) mass is 153 g/mol. The van der Waals surface area contributed by atoms with Gasteiger partial charge in [0.05, 0.1) is 12.2 Å². The van der Waals surface area contributed by atoms with E-state index in [2.05, 4.69) is 10.4 Å². The van der Waals surface area contributed by atoms with Gasteiger partial charge in [0, 0.05) is 13.2 Å². The third-order valence-electron chi connectivity index (χ3n) is 1.23. The lowest BCUT2D eigenvalue weighted by Gasteiger charge is -1.98. The van der Waals surface area contributed by atoms with Gasteiger partial charge in [-0.05, 0) is 6.07 Å². The summed E-state index contributed by atoms with van der Waals surface area (Å²) in [5, 5.41) is 13.6. The van der Waals surface area contributed by atoms with Crippen molar-refractivity contribution in [3.63, 3.8) is 0 Å². The number of hydrogen-bond donors (Lipinski definition) is 3. The molecule has 0 atom stereocenters. The third-order valence-corrected chi connectivity index (χ3v) is 1.23. The minimum Gasteiger partial charge on any atom is -0.370 e. The molecule has 1 aromatic rings. The number of nitrogens with zero attached hydrogens (tertiary/aromatic N) is 2. The molecule has 0 aliphatic rings. The summed E-state index contributed by atoms with van der Waals surface area (Å²) in [4.78, 5) is 0. The van der Waals surface area contributed by atoms with Crippen LogP contribution in [0.2, 0.25) is 0 Å². The highest BCUT2D eigenvalue weighted by atomic mass is 15.3. The Labute approximate surface area is 64.7 Å². The van der Waals surface area contributed by atoms with Crippen LogP contribution in [0.5, 0.6) is 0 Å². The predicted molar refractivity (Wildman–Crippen MR) is 42.0 cm³/mol. The van der Waals surface area contributed by atoms with Crippen LogP contribution in [0.4, 0.5) is 0 Å². The van der Waals surface area contributed by atoms with Crippen LogP contribution in [-0.4, -0.2) is 15.7 Å². The summed E-state index contributed by atoms with van der Waals surface area (Å²) < 4.78 is 1.71. The van der Waals surface area contributed by atoms with Gasteiger partial charge in [-0.2, -0.15) is 5.10 Å². The number of hydrogen-bond acceptors (Lipinski definition) is 2. The second kappa shape index (κ2) is 3.05. The van der Waals surface area contributed by atoms with Crippen molar-refractivity contribution in [1.82, 2.24) is 15.1 Å². The van der Waals surface area contributed by atoms with E-state index < -0.39 is 0 Å². The molecule has 0 unspecified atom stereocenters. The van der Waals surface area contributed by atoms with Crippen molar-refractivity contribution in [3.8, 4) is 0 Å². The van der Waals surface area contributed by atoms with Crippen molar-refractivity contribution in [2.75, 3.05) is 0 Å². The Hall–Kier alpha value is -1.52. The van der Waals surface area contributed by atoms with E-state index in [0.29, 0.717) is 6.54 Å². The van der Waals surface area contributed by atoms with Gasteiger partial charge in [0.25, 0.3) is 0 Å². The maximum absolute atomic E-state index is 6.88. The van der Waals surface area contributed by atoms with Gasteiger partial charge in [-0.3, -0.25) is 10.1 Å². The molecule has 60 valence electrons. The predicted octanol–water partition coefficient (Wildman–Crippen LogP) is -0.597. The van der Waals surface area contributed by atoms with Gasteiger partial charge in [-0.25, -0.2) is 0 Å². The van der Waals surface area contributed by atoms with Crippen LogP contribution >= 0.6 is 0 Å². The first-order valence-corrected chi connectivity index (χ1v) is 3.25. The van der Waals surface area contributed by atoms with Gasteiger partial charge in [0.2, 0.25) is 0 Å². The van der Waals surface area contributed by atoms with E-state index in [0.717, 1.165) is 5.69 Å². The van der Waals surface area contributed by atoms with Crippen molar-refractivity contribution in [2.24, 2.45) is 12.8 Å². The summed E-state index contributed by atoms with van der Waals surface area (Å²) >= 11 is 0. The van der Waals surface area contributed by atoms with Crippen LogP contribution in [0, 0.1) is 5.41 Å².